The van der Waals surface area contributed by atoms with Gasteiger partial charge in [0, 0.05) is 39.1 Å². The molecule has 0 bridgehead atoms. The minimum Gasteiger partial charge on any atom is -0.497 e. The molecule has 0 atom stereocenters. The summed E-state index contributed by atoms with van der Waals surface area (Å²) in [6.07, 6.45) is 7.58. The van der Waals surface area contributed by atoms with Gasteiger partial charge in [-0.05, 0) is 36.5 Å². The average Bonchev–Trinajstić information content (AvgIpc) is 3.40. The molecule has 1 amide bonds. The quantitative estimate of drug-likeness (QED) is 0.809. The van der Waals surface area contributed by atoms with Crippen molar-refractivity contribution in [3.05, 3.63) is 35.9 Å². The van der Waals surface area contributed by atoms with Crippen molar-refractivity contribution in [1.82, 2.24) is 9.80 Å². The van der Waals surface area contributed by atoms with Crippen molar-refractivity contribution in [2.24, 2.45) is 5.92 Å². The Morgan fingerprint density at radius 3 is 2.65 bits per heavy atom. The molecule has 1 aliphatic carbocycles. The van der Waals surface area contributed by atoms with Crippen LogP contribution in [0.25, 0.3) is 6.08 Å². The van der Waals surface area contributed by atoms with Crippen molar-refractivity contribution in [2.75, 3.05) is 39.8 Å². The summed E-state index contributed by atoms with van der Waals surface area (Å²) in [7, 11) is 1.68. The fourth-order valence-electron chi connectivity index (χ4n) is 2.95. The van der Waals surface area contributed by atoms with Crippen molar-refractivity contribution < 1.29 is 9.53 Å². The minimum absolute atomic E-state index is 0.332. The highest BCUT2D eigenvalue weighted by molar-refractivity contribution is 5.76. The van der Waals surface area contributed by atoms with Gasteiger partial charge in [0.25, 0.3) is 0 Å². The summed E-state index contributed by atoms with van der Waals surface area (Å²) in [6.45, 7) is 4.61. The molecule has 0 N–H and O–H groups in total. The van der Waals surface area contributed by atoms with Gasteiger partial charge in [-0.15, -0.1) is 0 Å². The molecule has 4 nitrogen and oxygen atoms in total. The number of hydrogen-bond donors (Lipinski definition) is 0. The van der Waals surface area contributed by atoms with Crippen LogP contribution in [0.3, 0.4) is 0 Å². The zero-order chi connectivity index (χ0) is 16.1. The van der Waals surface area contributed by atoms with Gasteiger partial charge in [-0.2, -0.15) is 0 Å². The molecule has 124 valence electrons. The van der Waals surface area contributed by atoms with Crippen LogP contribution >= 0.6 is 0 Å². The molecule has 1 saturated heterocycles. The Kier molecular flexibility index (Phi) is 5.34. The Labute approximate surface area is 138 Å². The summed E-state index contributed by atoms with van der Waals surface area (Å²) in [5, 5.41) is 0. The molecule has 0 spiro atoms. The van der Waals surface area contributed by atoms with E-state index in [1.807, 2.05) is 12.1 Å². The zero-order valence-corrected chi connectivity index (χ0v) is 13.9. The predicted octanol–water partition coefficient (Wildman–Crippen LogP) is 2.65. The van der Waals surface area contributed by atoms with Crippen molar-refractivity contribution in [2.45, 2.75) is 19.3 Å². The Balaban J connectivity index is 1.47. The van der Waals surface area contributed by atoms with E-state index in [1.54, 1.807) is 7.11 Å². The van der Waals surface area contributed by atoms with Gasteiger partial charge in [0.1, 0.15) is 5.75 Å². The number of amides is 1. The van der Waals surface area contributed by atoms with Crippen molar-refractivity contribution in [3.63, 3.8) is 0 Å². The molecule has 1 aromatic rings. The molecule has 1 saturated carbocycles. The third kappa shape index (κ3) is 4.83. The maximum absolute atomic E-state index is 12.1. The monoisotopic (exact) mass is 314 g/mol. The number of benzene rings is 1. The highest BCUT2D eigenvalue weighted by Gasteiger charge is 2.28. The molecule has 0 radical (unpaired) electrons. The number of hydrogen-bond acceptors (Lipinski definition) is 3. The summed E-state index contributed by atoms with van der Waals surface area (Å²) < 4.78 is 5.17. The molecule has 0 unspecified atom stereocenters. The highest BCUT2D eigenvalue weighted by Crippen LogP contribution is 2.30. The molecular weight excluding hydrogens is 288 g/mol. The lowest BCUT2D eigenvalue weighted by Gasteiger charge is -2.21. The fourth-order valence-corrected chi connectivity index (χ4v) is 2.95. The second-order valence-electron chi connectivity index (χ2n) is 6.51. The van der Waals surface area contributed by atoms with Crippen LogP contribution < -0.4 is 4.74 Å². The van der Waals surface area contributed by atoms with E-state index in [1.165, 1.54) is 18.4 Å². The standard InChI is InChI=1S/C19H26N2O2/c1-23-18-8-6-16(7-9-18)3-2-11-20-12-10-19(22)21(14-13-20)15-17-4-5-17/h2-3,6-9,17H,4-5,10-15H2,1H3/b3-2+. The van der Waals surface area contributed by atoms with Gasteiger partial charge in [-0.25, -0.2) is 0 Å². The topological polar surface area (TPSA) is 32.8 Å². The van der Waals surface area contributed by atoms with Gasteiger partial charge >= 0.3 is 0 Å². The summed E-state index contributed by atoms with van der Waals surface area (Å²) >= 11 is 0. The van der Waals surface area contributed by atoms with Crippen LogP contribution in [0.15, 0.2) is 30.3 Å². The first kappa shape index (κ1) is 16.1. The van der Waals surface area contributed by atoms with Crippen LogP contribution in [0.1, 0.15) is 24.8 Å². The SMILES string of the molecule is COc1ccc(/C=C/CN2CCC(=O)N(CC3CC3)CC2)cc1. The lowest BCUT2D eigenvalue weighted by atomic mass is 10.2. The third-order valence-corrected chi connectivity index (χ3v) is 4.65. The van der Waals surface area contributed by atoms with Gasteiger partial charge in [-0.1, -0.05) is 24.3 Å². The van der Waals surface area contributed by atoms with Gasteiger partial charge in [-0.3, -0.25) is 9.69 Å². The summed E-state index contributed by atoms with van der Waals surface area (Å²) in [6, 6.07) is 8.05. The van der Waals surface area contributed by atoms with Crippen LogP contribution in [0, 0.1) is 5.92 Å². The number of carbonyl (C=O) groups is 1. The number of methoxy groups -OCH3 is 1. The fraction of sp³-hybridized carbons (Fsp3) is 0.526. The van der Waals surface area contributed by atoms with Crippen LogP contribution in [-0.2, 0) is 4.79 Å². The molecule has 0 aromatic heterocycles. The lowest BCUT2D eigenvalue weighted by Crippen LogP contribution is -2.34. The third-order valence-electron chi connectivity index (χ3n) is 4.65. The van der Waals surface area contributed by atoms with Gasteiger partial charge < -0.3 is 9.64 Å². The van der Waals surface area contributed by atoms with E-state index in [2.05, 4.69) is 34.1 Å². The largest absolute Gasteiger partial charge is 0.497 e. The minimum atomic E-state index is 0.332. The molecule has 3 rings (SSSR count). The summed E-state index contributed by atoms with van der Waals surface area (Å²) in [5.74, 6) is 1.99. The molecule has 4 heteroatoms. The summed E-state index contributed by atoms with van der Waals surface area (Å²) in [4.78, 5) is 16.6. The van der Waals surface area contributed by atoms with E-state index in [-0.39, 0.29) is 0 Å². The number of carbonyl (C=O) groups excluding carboxylic acids is 1. The first-order valence-corrected chi connectivity index (χ1v) is 8.55. The normalized spacial score (nSPS) is 20.0. The van der Waals surface area contributed by atoms with Gasteiger partial charge in [0.15, 0.2) is 0 Å². The first-order chi connectivity index (χ1) is 11.2. The smallest absolute Gasteiger partial charge is 0.223 e. The average molecular weight is 314 g/mol. The van der Waals surface area contributed by atoms with Crippen molar-refractivity contribution >= 4 is 12.0 Å². The molecule has 2 fully saturated rings. The maximum atomic E-state index is 12.1. The molecule has 1 aromatic carbocycles. The Morgan fingerprint density at radius 2 is 1.96 bits per heavy atom. The van der Waals surface area contributed by atoms with E-state index >= 15 is 0 Å². The number of nitrogens with zero attached hydrogens (tertiary/aromatic N) is 2. The maximum Gasteiger partial charge on any atom is 0.223 e. The molecule has 1 aliphatic heterocycles. The first-order valence-electron chi connectivity index (χ1n) is 8.55. The summed E-state index contributed by atoms with van der Waals surface area (Å²) in [5.41, 5.74) is 1.17. The molecule has 1 heterocycles. The van der Waals surface area contributed by atoms with Gasteiger partial charge in [0.2, 0.25) is 5.91 Å². The van der Waals surface area contributed by atoms with E-state index in [0.717, 1.165) is 44.4 Å². The Bertz CT molecular complexity index is 549. The van der Waals surface area contributed by atoms with Crippen molar-refractivity contribution in [1.29, 1.82) is 0 Å². The Hall–Kier alpha value is -1.81. The Morgan fingerprint density at radius 1 is 1.17 bits per heavy atom. The molecular formula is C19H26N2O2. The second-order valence-corrected chi connectivity index (χ2v) is 6.51. The van der Waals surface area contributed by atoms with E-state index < -0.39 is 0 Å². The predicted molar refractivity (Wildman–Crippen MR) is 92.4 cm³/mol. The van der Waals surface area contributed by atoms with Crippen LogP contribution in [0.4, 0.5) is 0 Å². The molecule has 2 aliphatic rings. The van der Waals surface area contributed by atoms with Gasteiger partial charge in [0.05, 0.1) is 7.11 Å². The van der Waals surface area contributed by atoms with Crippen LogP contribution in [-0.4, -0.2) is 55.5 Å². The van der Waals surface area contributed by atoms with Crippen LogP contribution in [0.2, 0.25) is 0 Å². The number of rotatable bonds is 6. The van der Waals surface area contributed by atoms with E-state index in [0.29, 0.717) is 12.3 Å². The van der Waals surface area contributed by atoms with E-state index in [4.69, 9.17) is 4.74 Å². The highest BCUT2D eigenvalue weighted by atomic mass is 16.5. The molecule has 23 heavy (non-hydrogen) atoms. The van der Waals surface area contributed by atoms with Crippen molar-refractivity contribution in [3.8, 4) is 5.75 Å². The van der Waals surface area contributed by atoms with E-state index in [9.17, 15) is 4.79 Å². The lowest BCUT2D eigenvalue weighted by molar-refractivity contribution is -0.130. The zero-order valence-electron chi connectivity index (χ0n) is 13.9. The van der Waals surface area contributed by atoms with Crippen LogP contribution in [0.5, 0.6) is 5.75 Å². The number of ether oxygens (including phenoxy) is 1. The second kappa shape index (κ2) is 7.64.